The van der Waals surface area contributed by atoms with Crippen molar-refractivity contribution in [2.75, 3.05) is 7.05 Å². The summed E-state index contributed by atoms with van der Waals surface area (Å²) in [4.78, 5) is 0. The lowest BCUT2D eigenvalue weighted by Crippen LogP contribution is -2.13. The van der Waals surface area contributed by atoms with Crippen molar-refractivity contribution in [1.29, 1.82) is 0 Å². The minimum atomic E-state index is 0.862. The molecule has 3 rings (SSSR count). The fraction of sp³-hybridized carbons (Fsp3) is 0.462. The highest BCUT2D eigenvalue weighted by atomic mass is 32.1. The Labute approximate surface area is 105 Å². The minimum absolute atomic E-state index is 0.862. The van der Waals surface area contributed by atoms with Gasteiger partial charge >= 0.3 is 0 Å². The van der Waals surface area contributed by atoms with Gasteiger partial charge in [-0.1, -0.05) is 0 Å². The second-order valence-corrected chi connectivity index (χ2v) is 5.47. The first-order valence-electron chi connectivity index (χ1n) is 6.10. The Morgan fingerprint density at radius 3 is 3.06 bits per heavy atom. The van der Waals surface area contributed by atoms with Crippen molar-refractivity contribution in [1.82, 2.24) is 15.1 Å². The third-order valence-electron chi connectivity index (χ3n) is 3.17. The molecule has 0 atom stereocenters. The van der Waals surface area contributed by atoms with Gasteiger partial charge in [0.2, 0.25) is 0 Å². The predicted molar refractivity (Wildman–Crippen MR) is 71.0 cm³/mol. The quantitative estimate of drug-likeness (QED) is 0.880. The Hall–Kier alpha value is -1.13. The summed E-state index contributed by atoms with van der Waals surface area (Å²) in [7, 11) is 1.98. The van der Waals surface area contributed by atoms with Crippen LogP contribution in [0, 0.1) is 5.92 Å². The van der Waals surface area contributed by atoms with Gasteiger partial charge in [0.15, 0.2) is 0 Å². The number of hydrogen-bond acceptors (Lipinski definition) is 3. The largest absolute Gasteiger partial charge is 0.314 e. The molecule has 1 fully saturated rings. The van der Waals surface area contributed by atoms with Gasteiger partial charge in [-0.2, -0.15) is 16.4 Å². The Balaban J connectivity index is 1.89. The normalized spacial score (nSPS) is 15.4. The van der Waals surface area contributed by atoms with Crippen molar-refractivity contribution in [3.05, 3.63) is 28.6 Å². The van der Waals surface area contributed by atoms with E-state index in [0.29, 0.717) is 0 Å². The monoisotopic (exact) mass is 247 g/mol. The topological polar surface area (TPSA) is 29.9 Å². The molecule has 1 aliphatic rings. The summed E-state index contributed by atoms with van der Waals surface area (Å²) in [6.45, 7) is 1.98. The highest BCUT2D eigenvalue weighted by molar-refractivity contribution is 7.08. The van der Waals surface area contributed by atoms with Crippen LogP contribution in [0.2, 0.25) is 0 Å². The van der Waals surface area contributed by atoms with E-state index in [2.05, 4.69) is 32.9 Å². The summed E-state index contributed by atoms with van der Waals surface area (Å²) in [5.74, 6) is 0.862. The summed E-state index contributed by atoms with van der Waals surface area (Å²) in [6.07, 6.45) is 2.74. The minimum Gasteiger partial charge on any atom is -0.314 e. The molecule has 2 aromatic rings. The maximum atomic E-state index is 4.73. The molecule has 0 saturated heterocycles. The van der Waals surface area contributed by atoms with E-state index >= 15 is 0 Å². The van der Waals surface area contributed by atoms with Crippen LogP contribution in [0.3, 0.4) is 0 Å². The average molecular weight is 247 g/mol. The van der Waals surface area contributed by atoms with Crippen molar-refractivity contribution in [3.8, 4) is 11.3 Å². The Morgan fingerprint density at radius 1 is 1.53 bits per heavy atom. The van der Waals surface area contributed by atoms with Crippen LogP contribution in [0.25, 0.3) is 11.3 Å². The van der Waals surface area contributed by atoms with Crippen molar-refractivity contribution in [3.63, 3.8) is 0 Å². The predicted octanol–water partition coefficient (Wildman–Crippen LogP) is 2.74. The van der Waals surface area contributed by atoms with Crippen molar-refractivity contribution >= 4 is 11.3 Å². The van der Waals surface area contributed by atoms with E-state index in [-0.39, 0.29) is 0 Å². The van der Waals surface area contributed by atoms with Crippen LogP contribution in [0.4, 0.5) is 0 Å². The highest BCUT2D eigenvalue weighted by Gasteiger charge is 2.23. The van der Waals surface area contributed by atoms with Crippen molar-refractivity contribution in [2.24, 2.45) is 5.92 Å². The zero-order valence-corrected chi connectivity index (χ0v) is 10.8. The van der Waals surface area contributed by atoms with Crippen molar-refractivity contribution < 1.29 is 0 Å². The number of nitrogens with zero attached hydrogens (tertiary/aromatic N) is 2. The molecule has 0 amide bonds. The Morgan fingerprint density at radius 2 is 2.41 bits per heavy atom. The van der Waals surface area contributed by atoms with E-state index in [1.165, 1.54) is 24.1 Å². The van der Waals surface area contributed by atoms with Gasteiger partial charge in [-0.25, -0.2) is 0 Å². The van der Waals surface area contributed by atoms with Gasteiger partial charge in [0.05, 0.1) is 11.4 Å². The third kappa shape index (κ3) is 2.42. The van der Waals surface area contributed by atoms with Gasteiger partial charge in [0.25, 0.3) is 0 Å². The lowest BCUT2D eigenvalue weighted by molar-refractivity contribution is 0.532. The van der Waals surface area contributed by atoms with Crippen LogP contribution in [0.15, 0.2) is 22.9 Å². The molecule has 1 saturated carbocycles. The lowest BCUT2D eigenvalue weighted by atomic mass is 10.2. The fourth-order valence-corrected chi connectivity index (χ4v) is 2.68. The van der Waals surface area contributed by atoms with Crippen molar-refractivity contribution in [2.45, 2.75) is 25.9 Å². The highest BCUT2D eigenvalue weighted by Crippen LogP contribution is 2.31. The van der Waals surface area contributed by atoms with Crippen LogP contribution in [0.1, 0.15) is 18.5 Å². The fourth-order valence-electron chi connectivity index (χ4n) is 2.03. The SMILES string of the molecule is CNCc1cc(-c2ccsc2)nn1CC1CC1. The Kier molecular flexibility index (Phi) is 2.99. The number of hydrogen-bond donors (Lipinski definition) is 1. The van der Waals surface area contributed by atoms with Gasteiger partial charge in [-0.3, -0.25) is 4.68 Å². The number of thiophene rings is 1. The maximum Gasteiger partial charge on any atom is 0.0934 e. The van der Waals surface area contributed by atoms with Crippen LogP contribution in [-0.2, 0) is 13.1 Å². The van der Waals surface area contributed by atoms with E-state index in [9.17, 15) is 0 Å². The molecule has 1 aliphatic carbocycles. The second-order valence-electron chi connectivity index (χ2n) is 4.69. The molecular weight excluding hydrogens is 230 g/mol. The summed E-state index contributed by atoms with van der Waals surface area (Å²) >= 11 is 1.72. The molecule has 3 nitrogen and oxygen atoms in total. The van der Waals surface area contributed by atoms with E-state index < -0.39 is 0 Å². The molecule has 90 valence electrons. The average Bonchev–Trinajstić information content (AvgIpc) is 2.83. The van der Waals surface area contributed by atoms with Gasteiger partial charge in [0.1, 0.15) is 0 Å². The molecule has 0 bridgehead atoms. The van der Waals surface area contributed by atoms with Crippen LogP contribution in [-0.4, -0.2) is 16.8 Å². The zero-order valence-electron chi connectivity index (χ0n) is 10.0. The number of rotatable bonds is 5. The van der Waals surface area contributed by atoms with Crippen LogP contribution in [0.5, 0.6) is 0 Å². The maximum absolute atomic E-state index is 4.73. The van der Waals surface area contributed by atoms with Gasteiger partial charge < -0.3 is 5.32 Å². The number of nitrogens with one attached hydrogen (secondary N) is 1. The first kappa shape index (κ1) is 11.0. The summed E-state index contributed by atoms with van der Waals surface area (Å²) in [5.41, 5.74) is 3.64. The van der Waals surface area contributed by atoms with Gasteiger partial charge in [-0.05, 0) is 43.3 Å². The number of aromatic nitrogens is 2. The Bertz CT molecular complexity index is 483. The molecule has 2 aromatic heterocycles. The smallest absolute Gasteiger partial charge is 0.0934 e. The molecule has 0 spiro atoms. The summed E-state index contributed by atoms with van der Waals surface area (Å²) in [5, 5.41) is 12.2. The van der Waals surface area contributed by atoms with E-state index in [4.69, 9.17) is 5.10 Å². The lowest BCUT2D eigenvalue weighted by Gasteiger charge is -2.05. The molecule has 0 unspecified atom stereocenters. The molecule has 4 heteroatoms. The van der Waals surface area contributed by atoms with Gasteiger partial charge in [-0.15, -0.1) is 0 Å². The van der Waals surface area contributed by atoms with E-state index in [0.717, 1.165) is 24.7 Å². The first-order chi connectivity index (χ1) is 8.36. The van der Waals surface area contributed by atoms with Crippen LogP contribution >= 0.6 is 11.3 Å². The first-order valence-corrected chi connectivity index (χ1v) is 7.05. The molecule has 0 radical (unpaired) electrons. The molecule has 0 aromatic carbocycles. The van der Waals surface area contributed by atoms with Gasteiger partial charge in [0, 0.05) is 24.0 Å². The molecular formula is C13H17N3S. The van der Waals surface area contributed by atoms with E-state index in [1.807, 2.05) is 7.05 Å². The molecule has 1 N–H and O–H groups in total. The van der Waals surface area contributed by atoms with E-state index in [1.54, 1.807) is 11.3 Å². The molecule has 17 heavy (non-hydrogen) atoms. The molecule has 2 heterocycles. The summed E-state index contributed by atoms with van der Waals surface area (Å²) in [6, 6.07) is 4.35. The molecule has 0 aliphatic heterocycles. The summed E-state index contributed by atoms with van der Waals surface area (Å²) < 4.78 is 2.18. The third-order valence-corrected chi connectivity index (χ3v) is 3.85. The standard InChI is InChI=1S/C13H17N3S/c1-14-7-12-6-13(11-4-5-17-9-11)15-16(12)8-10-2-3-10/h4-6,9-10,14H,2-3,7-8H2,1H3. The zero-order chi connectivity index (χ0) is 11.7. The second kappa shape index (κ2) is 4.63. The van der Waals surface area contributed by atoms with Crippen LogP contribution < -0.4 is 5.32 Å².